The molecule has 6 heteroatoms. The second-order valence-corrected chi connectivity index (χ2v) is 3.82. The van der Waals surface area contributed by atoms with Gasteiger partial charge >= 0.3 is 0 Å². The lowest BCUT2D eigenvalue weighted by Crippen LogP contribution is -2.33. The van der Waals surface area contributed by atoms with Crippen molar-refractivity contribution < 1.29 is 9.72 Å². The van der Waals surface area contributed by atoms with Gasteiger partial charge in [0, 0.05) is 17.7 Å². The zero-order valence-corrected chi connectivity index (χ0v) is 10.1. The van der Waals surface area contributed by atoms with Gasteiger partial charge in [0.15, 0.2) is 0 Å². The summed E-state index contributed by atoms with van der Waals surface area (Å²) in [5, 5.41) is 21.9. The molecule has 0 aliphatic heterocycles. The van der Waals surface area contributed by atoms with Gasteiger partial charge in [-0.1, -0.05) is 13.0 Å². The van der Waals surface area contributed by atoms with Crippen LogP contribution in [0.4, 0.5) is 5.69 Å². The molecular weight excluding hydrogens is 234 g/mol. The molecule has 1 amide bonds. The molecule has 0 aromatic heterocycles. The van der Waals surface area contributed by atoms with Gasteiger partial charge in [-0.15, -0.1) is 0 Å². The van der Waals surface area contributed by atoms with Crippen molar-refractivity contribution in [3.63, 3.8) is 0 Å². The van der Waals surface area contributed by atoms with Crippen LogP contribution in [0, 0.1) is 28.4 Å². The number of nitrogens with zero attached hydrogens (tertiary/aromatic N) is 2. The summed E-state index contributed by atoms with van der Waals surface area (Å²) in [6.07, 6.45) is 0.482. The van der Waals surface area contributed by atoms with E-state index < -0.39 is 16.9 Å². The Balaban J connectivity index is 3.02. The van der Waals surface area contributed by atoms with Gasteiger partial charge in [0.2, 0.25) is 0 Å². The summed E-state index contributed by atoms with van der Waals surface area (Å²) >= 11 is 0. The molecule has 0 saturated heterocycles. The Morgan fingerprint density at radius 3 is 2.78 bits per heavy atom. The SMILES string of the molecule is CCC(C#N)NC(=O)c1cc([N+](=O)[O-])ccc1C. The molecule has 1 rings (SSSR count). The molecule has 0 fully saturated rings. The van der Waals surface area contributed by atoms with Crippen LogP contribution in [0.3, 0.4) is 0 Å². The molecule has 1 unspecified atom stereocenters. The number of aryl methyl sites for hydroxylation is 1. The zero-order chi connectivity index (χ0) is 13.7. The minimum absolute atomic E-state index is 0.143. The molecule has 0 radical (unpaired) electrons. The fourth-order valence-electron chi connectivity index (χ4n) is 1.43. The first-order valence-electron chi connectivity index (χ1n) is 5.45. The summed E-state index contributed by atoms with van der Waals surface area (Å²) in [6.45, 7) is 3.46. The van der Waals surface area contributed by atoms with Crippen LogP contribution in [0.2, 0.25) is 0 Å². The summed E-state index contributed by atoms with van der Waals surface area (Å²) in [6, 6.07) is 5.43. The van der Waals surface area contributed by atoms with Gasteiger partial charge in [-0.2, -0.15) is 5.26 Å². The quantitative estimate of drug-likeness (QED) is 0.649. The molecule has 0 bridgehead atoms. The standard InChI is InChI=1S/C12H13N3O3/c1-3-9(7-13)14-12(16)11-6-10(15(17)18)5-4-8(11)2/h4-6,9H,3H2,1-2H3,(H,14,16). The predicted molar refractivity (Wildman–Crippen MR) is 65.0 cm³/mol. The topological polar surface area (TPSA) is 96.0 Å². The van der Waals surface area contributed by atoms with E-state index in [2.05, 4.69) is 5.32 Å². The van der Waals surface area contributed by atoms with Crippen LogP contribution in [0.25, 0.3) is 0 Å². The van der Waals surface area contributed by atoms with Crippen molar-refractivity contribution in [2.75, 3.05) is 0 Å². The van der Waals surface area contributed by atoms with E-state index in [1.165, 1.54) is 18.2 Å². The fourth-order valence-corrected chi connectivity index (χ4v) is 1.43. The van der Waals surface area contributed by atoms with E-state index in [-0.39, 0.29) is 11.3 Å². The van der Waals surface area contributed by atoms with Crippen LogP contribution in [0.5, 0.6) is 0 Å². The highest BCUT2D eigenvalue weighted by atomic mass is 16.6. The van der Waals surface area contributed by atoms with Crippen molar-refractivity contribution in [3.8, 4) is 6.07 Å². The molecule has 0 heterocycles. The summed E-state index contributed by atoms with van der Waals surface area (Å²) in [4.78, 5) is 22.0. The molecule has 94 valence electrons. The number of nitro benzene ring substituents is 1. The predicted octanol–water partition coefficient (Wildman–Crippen LogP) is 1.94. The van der Waals surface area contributed by atoms with Gasteiger partial charge in [-0.05, 0) is 18.9 Å². The van der Waals surface area contributed by atoms with Crippen molar-refractivity contribution in [1.82, 2.24) is 5.32 Å². The van der Waals surface area contributed by atoms with Crippen LogP contribution in [-0.4, -0.2) is 16.9 Å². The van der Waals surface area contributed by atoms with Gasteiger partial charge in [-0.25, -0.2) is 0 Å². The monoisotopic (exact) mass is 247 g/mol. The van der Waals surface area contributed by atoms with Gasteiger partial charge in [0.05, 0.1) is 11.0 Å². The Labute approximate surface area is 104 Å². The number of nitriles is 1. The molecule has 0 aliphatic rings. The minimum atomic E-state index is -0.587. The maximum atomic E-state index is 11.9. The van der Waals surface area contributed by atoms with Crippen LogP contribution < -0.4 is 5.32 Å². The molecule has 6 nitrogen and oxygen atoms in total. The van der Waals surface area contributed by atoms with Gasteiger partial charge in [0.25, 0.3) is 11.6 Å². The average Bonchev–Trinajstić information content (AvgIpc) is 2.35. The van der Waals surface area contributed by atoms with Crippen LogP contribution >= 0.6 is 0 Å². The number of carbonyl (C=O) groups excluding carboxylic acids is 1. The normalized spacial score (nSPS) is 11.4. The largest absolute Gasteiger partial charge is 0.336 e. The summed E-state index contributed by atoms with van der Waals surface area (Å²) in [7, 11) is 0. The van der Waals surface area contributed by atoms with Gasteiger partial charge in [-0.3, -0.25) is 14.9 Å². The fraction of sp³-hybridized carbons (Fsp3) is 0.333. The minimum Gasteiger partial charge on any atom is -0.336 e. The Bertz CT molecular complexity index is 520. The van der Waals surface area contributed by atoms with Crippen molar-refractivity contribution in [2.24, 2.45) is 0 Å². The van der Waals surface area contributed by atoms with Gasteiger partial charge in [0.1, 0.15) is 6.04 Å². The zero-order valence-electron chi connectivity index (χ0n) is 10.1. The van der Waals surface area contributed by atoms with E-state index in [1.807, 2.05) is 6.07 Å². The molecular formula is C12H13N3O3. The molecule has 0 spiro atoms. The first-order valence-corrected chi connectivity index (χ1v) is 5.45. The molecule has 1 aromatic rings. The van der Waals surface area contributed by atoms with Crippen LogP contribution in [-0.2, 0) is 0 Å². The maximum Gasteiger partial charge on any atom is 0.270 e. The first-order chi connectivity index (χ1) is 8.49. The number of non-ortho nitro benzene ring substituents is 1. The number of benzene rings is 1. The number of amides is 1. The Morgan fingerprint density at radius 2 is 2.28 bits per heavy atom. The van der Waals surface area contributed by atoms with E-state index in [1.54, 1.807) is 13.8 Å². The van der Waals surface area contributed by atoms with E-state index in [0.29, 0.717) is 12.0 Å². The molecule has 1 N–H and O–H groups in total. The molecule has 18 heavy (non-hydrogen) atoms. The molecule has 1 aromatic carbocycles. The first kappa shape index (κ1) is 13.6. The van der Waals surface area contributed by atoms with Crippen LogP contribution in [0.1, 0.15) is 29.3 Å². The number of hydrogen-bond acceptors (Lipinski definition) is 4. The number of nitro groups is 1. The Hall–Kier alpha value is -2.42. The lowest BCUT2D eigenvalue weighted by molar-refractivity contribution is -0.384. The van der Waals surface area contributed by atoms with Crippen molar-refractivity contribution in [3.05, 3.63) is 39.4 Å². The third-order valence-corrected chi connectivity index (χ3v) is 2.55. The lowest BCUT2D eigenvalue weighted by atomic mass is 10.1. The highest BCUT2D eigenvalue weighted by Crippen LogP contribution is 2.17. The number of nitrogens with one attached hydrogen (secondary N) is 1. The van der Waals surface area contributed by atoms with Crippen LogP contribution in [0.15, 0.2) is 18.2 Å². The number of rotatable bonds is 4. The van der Waals surface area contributed by atoms with Crippen molar-refractivity contribution in [1.29, 1.82) is 5.26 Å². The van der Waals surface area contributed by atoms with E-state index in [4.69, 9.17) is 5.26 Å². The van der Waals surface area contributed by atoms with E-state index >= 15 is 0 Å². The second-order valence-electron chi connectivity index (χ2n) is 3.82. The number of carbonyl (C=O) groups is 1. The Morgan fingerprint density at radius 1 is 1.61 bits per heavy atom. The maximum absolute atomic E-state index is 11.9. The highest BCUT2D eigenvalue weighted by Gasteiger charge is 2.16. The summed E-state index contributed by atoms with van der Waals surface area (Å²) < 4.78 is 0. The molecule has 0 aliphatic carbocycles. The van der Waals surface area contributed by atoms with E-state index in [0.717, 1.165) is 0 Å². The van der Waals surface area contributed by atoms with Crippen molar-refractivity contribution >= 4 is 11.6 Å². The summed E-state index contributed by atoms with van der Waals surface area (Å²) in [5.74, 6) is -0.468. The average molecular weight is 247 g/mol. The third-order valence-electron chi connectivity index (χ3n) is 2.55. The van der Waals surface area contributed by atoms with E-state index in [9.17, 15) is 14.9 Å². The number of hydrogen-bond donors (Lipinski definition) is 1. The Kier molecular flexibility index (Phi) is 4.38. The lowest BCUT2D eigenvalue weighted by Gasteiger charge is -2.10. The molecule has 0 saturated carbocycles. The van der Waals surface area contributed by atoms with Gasteiger partial charge < -0.3 is 5.32 Å². The smallest absolute Gasteiger partial charge is 0.270 e. The second kappa shape index (κ2) is 5.77. The highest BCUT2D eigenvalue weighted by molar-refractivity contribution is 5.96. The third kappa shape index (κ3) is 3.04. The molecule has 1 atom stereocenters. The van der Waals surface area contributed by atoms with Crippen molar-refractivity contribution in [2.45, 2.75) is 26.3 Å². The summed E-state index contributed by atoms with van der Waals surface area (Å²) in [5.41, 5.74) is 0.708.